The molecule has 0 aliphatic rings. The van der Waals surface area contributed by atoms with Gasteiger partial charge in [-0.3, -0.25) is 10.1 Å². The Morgan fingerprint density at radius 3 is 2.12 bits per heavy atom. The van der Waals surface area contributed by atoms with Crippen LogP contribution in [0.2, 0.25) is 0 Å². The summed E-state index contributed by atoms with van der Waals surface area (Å²) in [7, 11) is 3.98. The average molecular weight is 293 g/mol. The monoisotopic (exact) mass is 292 g/mol. The van der Waals surface area contributed by atoms with Gasteiger partial charge in [0.2, 0.25) is 11.6 Å². The van der Waals surface area contributed by atoms with E-state index in [-0.39, 0.29) is 27.7 Å². The molecule has 1 rings (SSSR count). The number of ether oxygens (including phenoxy) is 3. The molecule has 0 aliphatic heterocycles. The van der Waals surface area contributed by atoms with Crippen LogP contribution in [0.1, 0.15) is 0 Å². The fourth-order valence-corrected chi connectivity index (χ4v) is 1.72. The van der Waals surface area contributed by atoms with E-state index in [4.69, 9.17) is 14.2 Å². The number of hydrogen-bond acceptors (Lipinski definition) is 6. The number of halogens is 1. The SMILES string of the molecule is COc1nc(OC)c([N+](=O)[O-])c(OC)c1Br. The van der Waals surface area contributed by atoms with E-state index < -0.39 is 4.92 Å². The molecular weight excluding hydrogens is 284 g/mol. The van der Waals surface area contributed by atoms with Crippen molar-refractivity contribution >= 4 is 21.6 Å². The van der Waals surface area contributed by atoms with E-state index in [0.29, 0.717) is 0 Å². The Balaban J connectivity index is 3.57. The predicted octanol–water partition coefficient (Wildman–Crippen LogP) is 1.78. The summed E-state index contributed by atoms with van der Waals surface area (Å²) in [5.41, 5.74) is -0.349. The molecule has 0 N–H and O–H groups in total. The molecule has 1 aromatic heterocycles. The zero-order valence-corrected chi connectivity index (χ0v) is 10.4. The molecule has 16 heavy (non-hydrogen) atoms. The van der Waals surface area contributed by atoms with E-state index in [0.717, 1.165) is 0 Å². The number of nitro groups is 1. The number of methoxy groups -OCH3 is 3. The van der Waals surface area contributed by atoms with Gasteiger partial charge in [-0.05, 0) is 15.9 Å². The van der Waals surface area contributed by atoms with Crippen LogP contribution >= 0.6 is 15.9 Å². The number of rotatable bonds is 4. The third kappa shape index (κ3) is 2.01. The van der Waals surface area contributed by atoms with Gasteiger partial charge in [-0.25, -0.2) is 0 Å². The molecule has 0 atom stereocenters. The summed E-state index contributed by atoms with van der Waals surface area (Å²) in [5.74, 6) is -0.00472. The molecule has 7 nitrogen and oxygen atoms in total. The van der Waals surface area contributed by atoms with Gasteiger partial charge < -0.3 is 14.2 Å². The standard InChI is InChI=1S/C8H9BrN2O5/c1-14-6-4(9)7(15-2)10-8(16-3)5(6)11(12)13/h1-3H3. The number of aromatic nitrogens is 1. The van der Waals surface area contributed by atoms with E-state index in [2.05, 4.69) is 20.9 Å². The van der Waals surface area contributed by atoms with Crippen LogP contribution in [0.4, 0.5) is 5.69 Å². The third-order valence-electron chi connectivity index (χ3n) is 1.78. The lowest BCUT2D eigenvalue weighted by Gasteiger charge is -2.10. The van der Waals surface area contributed by atoms with Crippen LogP contribution in [0.3, 0.4) is 0 Å². The predicted molar refractivity (Wildman–Crippen MR) is 58.2 cm³/mol. The van der Waals surface area contributed by atoms with E-state index >= 15 is 0 Å². The van der Waals surface area contributed by atoms with E-state index in [9.17, 15) is 10.1 Å². The molecule has 0 aliphatic carbocycles. The molecule has 0 bridgehead atoms. The molecule has 88 valence electrons. The molecule has 8 heteroatoms. The minimum absolute atomic E-state index is 0.00806. The fourth-order valence-electron chi connectivity index (χ4n) is 1.12. The van der Waals surface area contributed by atoms with Gasteiger partial charge in [-0.2, -0.15) is 4.98 Å². The van der Waals surface area contributed by atoms with Crippen molar-refractivity contribution in [3.63, 3.8) is 0 Å². The van der Waals surface area contributed by atoms with Crippen LogP contribution in [0, 0.1) is 10.1 Å². The summed E-state index contributed by atoms with van der Waals surface area (Å²) in [6.45, 7) is 0. The van der Waals surface area contributed by atoms with Gasteiger partial charge in [-0.15, -0.1) is 0 Å². The summed E-state index contributed by atoms with van der Waals surface area (Å²) in [6, 6.07) is 0. The Hall–Kier alpha value is -1.57. The molecule has 1 aromatic rings. The first kappa shape index (κ1) is 12.5. The van der Waals surface area contributed by atoms with Crippen LogP contribution in [-0.2, 0) is 0 Å². The van der Waals surface area contributed by atoms with Crippen LogP contribution in [-0.4, -0.2) is 31.2 Å². The molecule has 0 saturated heterocycles. The lowest BCUT2D eigenvalue weighted by Crippen LogP contribution is -2.02. The molecule has 0 unspecified atom stereocenters. The molecule has 0 radical (unpaired) electrons. The Bertz CT molecular complexity index is 423. The first-order valence-electron chi connectivity index (χ1n) is 4.06. The number of hydrogen-bond donors (Lipinski definition) is 0. The van der Waals surface area contributed by atoms with Crippen molar-refractivity contribution in [2.45, 2.75) is 0 Å². The maximum absolute atomic E-state index is 10.9. The highest BCUT2D eigenvalue weighted by Crippen LogP contribution is 2.44. The summed E-state index contributed by atoms with van der Waals surface area (Å²) in [6.07, 6.45) is 0. The van der Waals surface area contributed by atoms with Crippen molar-refractivity contribution < 1.29 is 19.1 Å². The molecule has 0 saturated carbocycles. The Kier molecular flexibility index (Phi) is 3.88. The van der Waals surface area contributed by atoms with Crippen LogP contribution < -0.4 is 14.2 Å². The van der Waals surface area contributed by atoms with Gasteiger partial charge in [0.1, 0.15) is 4.47 Å². The molecule has 0 amide bonds. The second-order valence-corrected chi connectivity index (χ2v) is 3.38. The average Bonchev–Trinajstić information content (AvgIpc) is 2.27. The zero-order valence-electron chi connectivity index (χ0n) is 8.81. The maximum Gasteiger partial charge on any atom is 0.373 e. The maximum atomic E-state index is 10.9. The van der Waals surface area contributed by atoms with Gasteiger partial charge in [0.05, 0.1) is 26.3 Å². The largest absolute Gasteiger partial charge is 0.489 e. The minimum Gasteiger partial charge on any atom is -0.489 e. The van der Waals surface area contributed by atoms with Gasteiger partial charge in [-0.1, -0.05) is 0 Å². The second kappa shape index (κ2) is 4.97. The Morgan fingerprint density at radius 1 is 1.19 bits per heavy atom. The van der Waals surface area contributed by atoms with Crippen molar-refractivity contribution in [3.8, 4) is 17.5 Å². The minimum atomic E-state index is -0.630. The number of pyridine rings is 1. The van der Waals surface area contributed by atoms with E-state index in [1.165, 1.54) is 21.3 Å². The molecule has 0 aromatic carbocycles. The molecule has 0 fully saturated rings. The van der Waals surface area contributed by atoms with Crippen molar-refractivity contribution in [2.75, 3.05) is 21.3 Å². The van der Waals surface area contributed by atoms with Crippen molar-refractivity contribution in [3.05, 3.63) is 14.6 Å². The van der Waals surface area contributed by atoms with Gasteiger partial charge in [0.15, 0.2) is 0 Å². The topological polar surface area (TPSA) is 83.7 Å². The highest BCUT2D eigenvalue weighted by atomic mass is 79.9. The second-order valence-electron chi connectivity index (χ2n) is 2.58. The van der Waals surface area contributed by atoms with Gasteiger partial charge >= 0.3 is 11.6 Å². The highest BCUT2D eigenvalue weighted by molar-refractivity contribution is 9.10. The summed E-state index contributed by atoms with van der Waals surface area (Å²) in [5, 5.41) is 10.9. The Labute approximate surface area is 99.6 Å². The quantitative estimate of drug-likeness (QED) is 0.621. The first-order chi connectivity index (χ1) is 7.56. The number of nitrogens with zero attached hydrogens (tertiary/aromatic N) is 2. The highest BCUT2D eigenvalue weighted by Gasteiger charge is 2.29. The normalized spacial score (nSPS) is 9.75. The van der Waals surface area contributed by atoms with Crippen molar-refractivity contribution in [2.24, 2.45) is 0 Å². The Morgan fingerprint density at radius 2 is 1.75 bits per heavy atom. The summed E-state index contributed by atoms with van der Waals surface area (Å²) in [4.78, 5) is 14.1. The van der Waals surface area contributed by atoms with Crippen LogP contribution in [0.25, 0.3) is 0 Å². The van der Waals surface area contributed by atoms with E-state index in [1.54, 1.807) is 0 Å². The van der Waals surface area contributed by atoms with Crippen LogP contribution in [0.15, 0.2) is 4.47 Å². The molecule has 1 heterocycles. The fraction of sp³-hybridized carbons (Fsp3) is 0.375. The van der Waals surface area contributed by atoms with Crippen molar-refractivity contribution in [1.82, 2.24) is 4.98 Å². The molecule has 0 spiro atoms. The van der Waals surface area contributed by atoms with Gasteiger partial charge in [0, 0.05) is 0 Å². The zero-order chi connectivity index (χ0) is 12.3. The first-order valence-corrected chi connectivity index (χ1v) is 4.86. The molecular formula is C8H9BrN2O5. The summed E-state index contributed by atoms with van der Waals surface area (Å²) < 4.78 is 14.9. The van der Waals surface area contributed by atoms with E-state index in [1.807, 2.05) is 0 Å². The van der Waals surface area contributed by atoms with Crippen molar-refractivity contribution in [1.29, 1.82) is 0 Å². The lowest BCUT2D eigenvalue weighted by atomic mass is 10.3. The lowest BCUT2D eigenvalue weighted by molar-refractivity contribution is -0.387. The van der Waals surface area contributed by atoms with Gasteiger partial charge in [0.25, 0.3) is 0 Å². The smallest absolute Gasteiger partial charge is 0.373 e. The summed E-state index contributed by atoms with van der Waals surface area (Å²) >= 11 is 3.11. The third-order valence-corrected chi connectivity index (χ3v) is 2.48. The van der Waals surface area contributed by atoms with Crippen LogP contribution in [0.5, 0.6) is 17.5 Å².